The normalized spacial score (nSPS) is 9.13. The van der Waals surface area contributed by atoms with Gasteiger partial charge in [-0.05, 0) is 50.2 Å². The number of carbonyl (C=O) groups excluding carboxylic acids is 2. The number of rotatable bonds is 2. The van der Waals surface area contributed by atoms with E-state index in [1.54, 1.807) is 0 Å². The van der Waals surface area contributed by atoms with Gasteiger partial charge < -0.3 is 20.4 Å². The fraction of sp³-hybridized carbons (Fsp3) is 0.125. The van der Waals surface area contributed by atoms with Gasteiger partial charge in [-0.15, -0.1) is 0 Å². The van der Waals surface area contributed by atoms with Crippen LogP contribution in [0.4, 0.5) is 0 Å². The van der Waals surface area contributed by atoms with Crippen LogP contribution in [0.1, 0.15) is 34.6 Å². The SMILES string of the molecule is CC(=O)c1ccc(O)c(O)c1.CC(=O)c1ccc(O)c(O)c1.[Ti]. The van der Waals surface area contributed by atoms with Crippen molar-refractivity contribution >= 4 is 11.6 Å². The second kappa shape index (κ2) is 8.97. The minimum atomic E-state index is -0.266. The quantitative estimate of drug-likeness (QED) is 0.375. The fourth-order valence-electron chi connectivity index (χ4n) is 1.48. The molecule has 0 saturated carbocycles. The van der Waals surface area contributed by atoms with Crippen molar-refractivity contribution in [2.75, 3.05) is 0 Å². The molecule has 0 fully saturated rings. The molecule has 0 spiro atoms. The Balaban J connectivity index is 0.000000403. The first-order chi connectivity index (χ1) is 10.2. The smallest absolute Gasteiger partial charge is 0.159 e. The van der Waals surface area contributed by atoms with Crippen LogP contribution in [-0.2, 0) is 21.7 Å². The van der Waals surface area contributed by atoms with Gasteiger partial charge in [0.15, 0.2) is 34.6 Å². The molecule has 0 radical (unpaired) electrons. The molecule has 0 unspecified atom stereocenters. The number of hydrogen-bond donors (Lipinski definition) is 4. The number of hydrogen-bond acceptors (Lipinski definition) is 6. The third kappa shape index (κ3) is 6.14. The molecule has 0 atom stereocenters. The molecule has 0 saturated heterocycles. The van der Waals surface area contributed by atoms with Crippen LogP contribution >= 0.6 is 0 Å². The van der Waals surface area contributed by atoms with E-state index in [-0.39, 0.29) is 56.3 Å². The van der Waals surface area contributed by atoms with E-state index in [1.807, 2.05) is 0 Å². The van der Waals surface area contributed by atoms with Crippen LogP contribution in [0.2, 0.25) is 0 Å². The van der Waals surface area contributed by atoms with Crippen LogP contribution in [0, 0.1) is 0 Å². The van der Waals surface area contributed by atoms with Crippen molar-refractivity contribution < 1.29 is 51.7 Å². The van der Waals surface area contributed by atoms with Crippen molar-refractivity contribution in [1.29, 1.82) is 0 Å². The van der Waals surface area contributed by atoms with E-state index >= 15 is 0 Å². The first kappa shape index (κ1) is 20.7. The van der Waals surface area contributed by atoms with Crippen LogP contribution in [0.25, 0.3) is 0 Å². The predicted octanol–water partition coefficient (Wildman–Crippen LogP) is 2.60. The third-order valence-electron chi connectivity index (χ3n) is 2.76. The summed E-state index contributed by atoms with van der Waals surface area (Å²) in [5.74, 6) is -1.24. The van der Waals surface area contributed by atoms with Gasteiger partial charge in [0.05, 0.1) is 0 Å². The van der Waals surface area contributed by atoms with Gasteiger partial charge in [0.1, 0.15) is 0 Å². The molecule has 2 aromatic carbocycles. The molecule has 0 aromatic heterocycles. The molecular formula is C16H16O6Ti. The van der Waals surface area contributed by atoms with Gasteiger partial charge in [-0.3, -0.25) is 9.59 Å². The van der Waals surface area contributed by atoms with E-state index in [9.17, 15) is 9.59 Å². The van der Waals surface area contributed by atoms with E-state index < -0.39 is 0 Å². The summed E-state index contributed by atoms with van der Waals surface area (Å²) in [6.45, 7) is 2.79. The van der Waals surface area contributed by atoms with Crippen molar-refractivity contribution in [1.82, 2.24) is 0 Å². The van der Waals surface area contributed by atoms with E-state index in [0.29, 0.717) is 11.1 Å². The van der Waals surface area contributed by atoms with Gasteiger partial charge in [0, 0.05) is 32.8 Å². The standard InChI is InChI=1S/2C8H8O3.Ti/c2*1-5(9)6-2-3-7(10)8(11)4-6;/h2*2-4,10-11H,1H3;. The molecule has 0 bridgehead atoms. The summed E-state index contributed by atoms with van der Waals surface area (Å²) >= 11 is 0. The molecule has 0 amide bonds. The summed E-state index contributed by atoms with van der Waals surface area (Å²) in [6.07, 6.45) is 0. The number of benzene rings is 2. The van der Waals surface area contributed by atoms with Crippen molar-refractivity contribution in [3.8, 4) is 23.0 Å². The minimum Gasteiger partial charge on any atom is -0.504 e. The summed E-state index contributed by atoms with van der Waals surface area (Å²) < 4.78 is 0. The summed E-state index contributed by atoms with van der Waals surface area (Å²) in [5.41, 5.74) is 0.778. The van der Waals surface area contributed by atoms with Crippen LogP contribution in [0.5, 0.6) is 23.0 Å². The predicted molar refractivity (Wildman–Crippen MR) is 79.6 cm³/mol. The van der Waals surface area contributed by atoms with Gasteiger partial charge in [-0.2, -0.15) is 0 Å². The number of ketones is 2. The molecule has 0 aliphatic rings. The van der Waals surface area contributed by atoms with E-state index in [1.165, 1.54) is 50.2 Å². The van der Waals surface area contributed by atoms with Gasteiger partial charge in [0.25, 0.3) is 0 Å². The van der Waals surface area contributed by atoms with Gasteiger partial charge >= 0.3 is 0 Å². The number of phenols is 4. The van der Waals surface area contributed by atoms with Gasteiger partial charge in [-0.1, -0.05) is 0 Å². The number of carbonyl (C=O) groups is 2. The zero-order valence-electron chi connectivity index (χ0n) is 12.6. The van der Waals surface area contributed by atoms with Crippen molar-refractivity contribution in [2.24, 2.45) is 0 Å². The first-order valence-electron chi connectivity index (χ1n) is 6.28. The maximum absolute atomic E-state index is 10.7. The average molecular weight is 352 g/mol. The third-order valence-corrected chi connectivity index (χ3v) is 2.76. The molecule has 23 heavy (non-hydrogen) atoms. The Morgan fingerprint density at radius 1 is 0.652 bits per heavy atom. The Morgan fingerprint density at radius 3 is 1.17 bits per heavy atom. The van der Waals surface area contributed by atoms with Crippen LogP contribution in [0.3, 0.4) is 0 Å². The molecular weight excluding hydrogens is 336 g/mol. The Bertz CT molecular complexity index is 650. The number of aromatic hydroxyl groups is 4. The molecule has 6 nitrogen and oxygen atoms in total. The molecule has 0 heterocycles. The minimum absolute atomic E-state index is 0. The maximum atomic E-state index is 10.7. The number of phenolic OH excluding ortho intramolecular Hbond substituents is 4. The van der Waals surface area contributed by atoms with E-state index in [4.69, 9.17) is 20.4 Å². The second-order valence-electron chi connectivity index (χ2n) is 4.52. The Hall–Kier alpha value is -2.31. The monoisotopic (exact) mass is 352 g/mol. The first-order valence-corrected chi connectivity index (χ1v) is 6.28. The summed E-state index contributed by atoms with van der Waals surface area (Å²) in [5, 5.41) is 35.6. The van der Waals surface area contributed by atoms with Gasteiger partial charge in [-0.25, -0.2) is 0 Å². The summed E-state index contributed by atoms with van der Waals surface area (Å²) in [7, 11) is 0. The Kier molecular flexibility index (Phi) is 8.07. The molecule has 120 valence electrons. The zero-order valence-corrected chi connectivity index (χ0v) is 14.1. The van der Waals surface area contributed by atoms with Crippen molar-refractivity contribution in [3.05, 3.63) is 47.5 Å². The Labute approximate surface area is 147 Å². The largest absolute Gasteiger partial charge is 0.504 e. The molecule has 4 N–H and O–H groups in total. The average Bonchev–Trinajstić information content (AvgIpc) is 2.45. The van der Waals surface area contributed by atoms with Gasteiger partial charge in [0.2, 0.25) is 0 Å². The fourth-order valence-corrected chi connectivity index (χ4v) is 1.48. The number of Topliss-reactive ketones (excluding diaryl/α,β-unsaturated/α-hetero) is 2. The van der Waals surface area contributed by atoms with Crippen molar-refractivity contribution in [2.45, 2.75) is 13.8 Å². The molecule has 7 heteroatoms. The molecule has 2 aromatic rings. The van der Waals surface area contributed by atoms with Crippen LogP contribution < -0.4 is 0 Å². The van der Waals surface area contributed by atoms with Crippen LogP contribution in [0.15, 0.2) is 36.4 Å². The summed E-state index contributed by atoms with van der Waals surface area (Å²) in [6, 6.07) is 7.95. The maximum Gasteiger partial charge on any atom is 0.159 e. The topological polar surface area (TPSA) is 115 Å². The van der Waals surface area contributed by atoms with E-state index in [2.05, 4.69) is 0 Å². The molecule has 0 aliphatic carbocycles. The zero-order chi connectivity index (χ0) is 16.9. The second-order valence-corrected chi connectivity index (χ2v) is 4.52. The summed E-state index contributed by atoms with van der Waals surface area (Å²) in [4.78, 5) is 21.4. The van der Waals surface area contributed by atoms with E-state index in [0.717, 1.165) is 0 Å². The molecule has 0 aliphatic heterocycles. The van der Waals surface area contributed by atoms with Crippen molar-refractivity contribution in [3.63, 3.8) is 0 Å². The Morgan fingerprint density at radius 2 is 0.957 bits per heavy atom. The van der Waals surface area contributed by atoms with Crippen LogP contribution in [-0.4, -0.2) is 32.0 Å². The molecule has 2 rings (SSSR count).